The van der Waals surface area contributed by atoms with Crippen molar-refractivity contribution in [3.63, 3.8) is 0 Å². The van der Waals surface area contributed by atoms with E-state index < -0.39 is 0 Å². The summed E-state index contributed by atoms with van der Waals surface area (Å²) in [6, 6.07) is 44.1. The number of rotatable bonds is 2. The Morgan fingerprint density at radius 3 is 2.17 bits per heavy atom. The Kier molecular flexibility index (Phi) is 4.65. The number of hydrogen-bond donors (Lipinski definition) is 0. The van der Waals surface area contributed by atoms with Crippen molar-refractivity contribution in [2.24, 2.45) is 0 Å². The Labute approximate surface area is 240 Å². The third kappa shape index (κ3) is 3.19. The Hall–Kier alpha value is -5.92. The number of furan rings is 1. The largest absolute Gasteiger partial charge is 0.455 e. The highest BCUT2D eigenvalue weighted by molar-refractivity contribution is 6.23. The van der Waals surface area contributed by atoms with Crippen LogP contribution in [0.2, 0.25) is 0 Å². The first-order chi connectivity index (χ1) is 20.8. The summed E-state index contributed by atoms with van der Waals surface area (Å²) < 4.78 is 8.84. The Bertz CT molecular complexity index is 2580. The molecule has 0 aliphatic heterocycles. The van der Waals surface area contributed by atoms with E-state index in [1.54, 1.807) is 0 Å². The van der Waals surface area contributed by atoms with E-state index >= 15 is 0 Å². The van der Waals surface area contributed by atoms with Crippen molar-refractivity contribution in [3.8, 4) is 23.0 Å². The fraction of sp³-hybridized carbons (Fsp3) is 0. The number of nitrogens with zero attached hydrogens (tertiary/aromatic N) is 3. The Balaban J connectivity index is 1.28. The van der Waals surface area contributed by atoms with Gasteiger partial charge in [0, 0.05) is 27.1 Å². The van der Waals surface area contributed by atoms with Crippen molar-refractivity contribution >= 4 is 65.3 Å². The van der Waals surface area contributed by atoms with Crippen LogP contribution >= 0.6 is 0 Å². The molecular formula is C38H21N3O. The summed E-state index contributed by atoms with van der Waals surface area (Å²) in [4.78, 5) is 5.00. The molecule has 0 N–H and O–H groups in total. The number of benzene rings is 6. The van der Waals surface area contributed by atoms with Gasteiger partial charge in [-0.15, -0.1) is 0 Å². The van der Waals surface area contributed by atoms with Gasteiger partial charge in [-0.2, -0.15) is 5.26 Å². The van der Waals surface area contributed by atoms with Crippen LogP contribution in [0.1, 0.15) is 5.56 Å². The van der Waals surface area contributed by atoms with Gasteiger partial charge in [-0.3, -0.25) is 4.98 Å². The van der Waals surface area contributed by atoms with Crippen molar-refractivity contribution in [2.75, 3.05) is 0 Å². The molecule has 0 aliphatic rings. The van der Waals surface area contributed by atoms with Crippen LogP contribution in [-0.4, -0.2) is 9.55 Å². The van der Waals surface area contributed by atoms with Crippen molar-refractivity contribution in [1.82, 2.24) is 9.55 Å². The molecule has 9 rings (SSSR count). The summed E-state index contributed by atoms with van der Waals surface area (Å²) in [6.45, 7) is 0. The average molecular weight is 536 g/mol. The molecule has 4 nitrogen and oxygen atoms in total. The minimum absolute atomic E-state index is 0.651. The van der Waals surface area contributed by atoms with Crippen molar-refractivity contribution in [2.45, 2.75) is 0 Å². The van der Waals surface area contributed by atoms with Crippen LogP contribution in [0.4, 0.5) is 0 Å². The molecular weight excluding hydrogens is 514 g/mol. The summed E-state index contributed by atoms with van der Waals surface area (Å²) in [5.74, 6) is 0. The van der Waals surface area contributed by atoms with Crippen LogP contribution < -0.4 is 0 Å². The van der Waals surface area contributed by atoms with Gasteiger partial charge in [-0.25, -0.2) is 0 Å². The third-order valence-corrected chi connectivity index (χ3v) is 8.41. The molecule has 0 fully saturated rings. The number of para-hydroxylation sites is 1. The van der Waals surface area contributed by atoms with E-state index in [2.05, 4.69) is 102 Å². The van der Waals surface area contributed by atoms with Gasteiger partial charge in [0.05, 0.1) is 40.2 Å². The van der Waals surface area contributed by atoms with E-state index in [0.717, 1.165) is 71.5 Å². The minimum Gasteiger partial charge on any atom is -0.455 e. The van der Waals surface area contributed by atoms with E-state index in [-0.39, 0.29) is 0 Å². The van der Waals surface area contributed by atoms with Gasteiger partial charge in [0.15, 0.2) is 0 Å². The Morgan fingerprint density at radius 2 is 1.36 bits per heavy atom. The predicted molar refractivity (Wildman–Crippen MR) is 171 cm³/mol. The maximum atomic E-state index is 9.49. The zero-order valence-corrected chi connectivity index (χ0v) is 22.4. The summed E-state index contributed by atoms with van der Waals surface area (Å²) in [5.41, 5.74) is 7.28. The second kappa shape index (κ2) is 8.54. The van der Waals surface area contributed by atoms with Gasteiger partial charge in [0.2, 0.25) is 0 Å². The second-order valence-corrected chi connectivity index (χ2v) is 10.7. The van der Waals surface area contributed by atoms with Crippen molar-refractivity contribution in [1.29, 1.82) is 5.26 Å². The highest BCUT2D eigenvalue weighted by Gasteiger charge is 2.18. The molecule has 0 saturated heterocycles. The lowest BCUT2D eigenvalue weighted by Crippen LogP contribution is -1.95. The fourth-order valence-corrected chi connectivity index (χ4v) is 6.50. The highest BCUT2D eigenvalue weighted by atomic mass is 16.3. The SMILES string of the molecule is N#Cc1ccc2c(c1)c1ccccc1n2-c1ccc(-c2cc3ccccc3c3c2oc2cc4ccccc4cc23)nc1. The van der Waals surface area contributed by atoms with E-state index in [4.69, 9.17) is 9.40 Å². The number of pyridine rings is 1. The molecule has 194 valence electrons. The summed E-state index contributed by atoms with van der Waals surface area (Å²) in [5, 5.41) is 18.6. The van der Waals surface area contributed by atoms with Crippen LogP contribution in [0.15, 0.2) is 132 Å². The molecule has 0 spiro atoms. The summed E-state index contributed by atoms with van der Waals surface area (Å²) in [6.07, 6.45) is 1.93. The van der Waals surface area contributed by atoms with E-state index in [0.29, 0.717) is 5.56 Å². The van der Waals surface area contributed by atoms with Gasteiger partial charge in [0.1, 0.15) is 11.2 Å². The van der Waals surface area contributed by atoms with Crippen LogP contribution in [0.3, 0.4) is 0 Å². The normalized spacial score (nSPS) is 11.8. The molecule has 0 saturated carbocycles. The first-order valence-electron chi connectivity index (χ1n) is 13.9. The zero-order valence-electron chi connectivity index (χ0n) is 22.4. The first-order valence-corrected chi connectivity index (χ1v) is 13.9. The lowest BCUT2D eigenvalue weighted by atomic mass is 9.97. The molecule has 0 aliphatic carbocycles. The molecule has 0 bridgehead atoms. The molecule has 3 aromatic heterocycles. The standard InChI is InChI=1S/C38H21N3O/c39-21-23-13-16-35-30(17-23)29-11-5-6-12-34(29)41(35)27-14-15-33(40-22-27)31-19-26-9-3-4-10-28(26)37-32-18-24-7-1-2-8-25(24)20-36(32)42-38(31)37/h1-20,22H. The third-order valence-electron chi connectivity index (χ3n) is 8.41. The number of hydrogen-bond acceptors (Lipinski definition) is 3. The Morgan fingerprint density at radius 1 is 0.619 bits per heavy atom. The topological polar surface area (TPSA) is 54.8 Å². The first kappa shape index (κ1) is 22.9. The van der Waals surface area contributed by atoms with Crippen molar-refractivity contribution < 1.29 is 4.42 Å². The molecule has 42 heavy (non-hydrogen) atoms. The van der Waals surface area contributed by atoms with Gasteiger partial charge < -0.3 is 8.98 Å². The highest BCUT2D eigenvalue weighted by Crippen LogP contribution is 2.42. The average Bonchev–Trinajstić information content (AvgIpc) is 3.59. The van der Waals surface area contributed by atoms with Gasteiger partial charge in [-0.05, 0) is 76.1 Å². The zero-order chi connectivity index (χ0) is 27.8. The van der Waals surface area contributed by atoms with E-state index in [1.807, 2.05) is 36.5 Å². The summed E-state index contributed by atoms with van der Waals surface area (Å²) in [7, 11) is 0. The van der Waals surface area contributed by atoms with Gasteiger partial charge >= 0.3 is 0 Å². The van der Waals surface area contributed by atoms with Crippen LogP contribution in [0, 0.1) is 11.3 Å². The lowest BCUT2D eigenvalue weighted by Gasteiger charge is -2.10. The van der Waals surface area contributed by atoms with Gasteiger partial charge in [0.25, 0.3) is 0 Å². The second-order valence-electron chi connectivity index (χ2n) is 10.7. The van der Waals surface area contributed by atoms with Gasteiger partial charge in [-0.1, -0.05) is 66.7 Å². The molecule has 3 heterocycles. The van der Waals surface area contributed by atoms with E-state index in [9.17, 15) is 5.26 Å². The quantitative estimate of drug-likeness (QED) is 0.221. The molecule has 6 aromatic carbocycles. The van der Waals surface area contributed by atoms with Crippen LogP contribution in [-0.2, 0) is 0 Å². The van der Waals surface area contributed by atoms with Crippen LogP contribution in [0.5, 0.6) is 0 Å². The van der Waals surface area contributed by atoms with Crippen LogP contribution in [0.25, 0.3) is 82.2 Å². The molecule has 0 atom stereocenters. The predicted octanol–water partition coefficient (Wildman–Crippen LogP) is 9.92. The molecule has 0 unspecified atom stereocenters. The molecule has 4 heteroatoms. The monoisotopic (exact) mass is 535 g/mol. The molecule has 0 amide bonds. The number of fused-ring (bicyclic) bond motifs is 9. The number of aromatic nitrogens is 2. The lowest BCUT2D eigenvalue weighted by molar-refractivity contribution is 0.670. The van der Waals surface area contributed by atoms with E-state index in [1.165, 1.54) is 10.8 Å². The molecule has 0 radical (unpaired) electrons. The molecule has 9 aromatic rings. The smallest absolute Gasteiger partial charge is 0.145 e. The number of nitriles is 1. The van der Waals surface area contributed by atoms with Crippen molar-refractivity contribution in [3.05, 3.63) is 133 Å². The maximum absolute atomic E-state index is 9.49. The maximum Gasteiger partial charge on any atom is 0.145 e. The minimum atomic E-state index is 0.651. The summed E-state index contributed by atoms with van der Waals surface area (Å²) >= 11 is 0. The fourth-order valence-electron chi connectivity index (χ4n) is 6.50.